The van der Waals surface area contributed by atoms with E-state index in [-0.39, 0.29) is 11.5 Å². The number of rotatable bonds is 5. The van der Waals surface area contributed by atoms with Crippen LogP contribution in [0.4, 0.5) is 5.69 Å². The van der Waals surface area contributed by atoms with Crippen molar-refractivity contribution in [2.45, 2.75) is 26.9 Å². The van der Waals surface area contributed by atoms with E-state index in [2.05, 4.69) is 10.4 Å². The van der Waals surface area contributed by atoms with Crippen molar-refractivity contribution in [1.29, 1.82) is 0 Å². The van der Waals surface area contributed by atoms with Crippen molar-refractivity contribution < 1.29 is 9.53 Å². The molecule has 6 heteroatoms. The van der Waals surface area contributed by atoms with Crippen molar-refractivity contribution in [1.82, 2.24) is 9.78 Å². The molecule has 0 spiro atoms. The number of nitrogens with one attached hydrogen (secondary N) is 1. The molecule has 0 bridgehead atoms. The summed E-state index contributed by atoms with van der Waals surface area (Å²) < 4.78 is 7.11. The molecule has 1 atom stereocenters. The highest BCUT2D eigenvalue weighted by Crippen LogP contribution is 2.22. The Morgan fingerprint density at radius 1 is 1.07 bits per heavy atom. The molecule has 0 aliphatic heterocycles. The van der Waals surface area contributed by atoms with E-state index < -0.39 is 6.10 Å². The van der Waals surface area contributed by atoms with Crippen LogP contribution in [-0.4, -0.2) is 21.8 Å². The molecule has 0 saturated carbocycles. The van der Waals surface area contributed by atoms with Gasteiger partial charge in [0.05, 0.1) is 5.69 Å². The van der Waals surface area contributed by atoms with Crippen LogP contribution in [0.3, 0.4) is 0 Å². The molecule has 0 aliphatic carbocycles. The molecule has 1 N–H and O–H groups in total. The molecule has 0 saturated heterocycles. The SMILES string of the molecule is Cc1ccc(C)c(OC(C)C(=O)Nc2ccc(-c3ccc(=O)n(C)n3)cc2)c1. The van der Waals surface area contributed by atoms with E-state index in [1.165, 1.54) is 10.7 Å². The summed E-state index contributed by atoms with van der Waals surface area (Å²) in [6.07, 6.45) is -0.634. The summed E-state index contributed by atoms with van der Waals surface area (Å²) in [6.45, 7) is 5.66. The Morgan fingerprint density at radius 2 is 1.79 bits per heavy atom. The summed E-state index contributed by atoms with van der Waals surface area (Å²) in [6, 6.07) is 16.3. The van der Waals surface area contributed by atoms with Crippen molar-refractivity contribution >= 4 is 11.6 Å². The Labute approximate surface area is 163 Å². The van der Waals surface area contributed by atoms with E-state index in [0.717, 1.165) is 16.7 Å². The van der Waals surface area contributed by atoms with Gasteiger partial charge in [-0.05, 0) is 56.2 Å². The molecular weight excluding hydrogens is 354 g/mol. The third-order valence-electron chi connectivity index (χ3n) is 4.43. The number of carbonyl (C=O) groups is 1. The van der Waals surface area contributed by atoms with Crippen LogP contribution < -0.4 is 15.6 Å². The van der Waals surface area contributed by atoms with Crippen LogP contribution in [0.2, 0.25) is 0 Å². The van der Waals surface area contributed by atoms with Gasteiger partial charge >= 0.3 is 0 Å². The largest absolute Gasteiger partial charge is 0.481 e. The Morgan fingerprint density at radius 3 is 2.46 bits per heavy atom. The Bertz CT molecular complexity index is 1060. The molecule has 3 rings (SSSR count). The number of aromatic nitrogens is 2. The van der Waals surface area contributed by atoms with Gasteiger partial charge in [-0.1, -0.05) is 24.3 Å². The summed E-state index contributed by atoms with van der Waals surface area (Å²) in [4.78, 5) is 23.9. The Kier molecular flexibility index (Phi) is 5.59. The van der Waals surface area contributed by atoms with E-state index in [1.54, 1.807) is 32.2 Å². The standard InChI is InChI=1S/C22H23N3O3/c1-14-5-6-15(2)20(13-14)28-16(3)22(27)23-18-9-7-17(8-10-18)19-11-12-21(26)25(4)24-19/h5-13,16H,1-4H3,(H,23,27). The van der Waals surface area contributed by atoms with E-state index in [0.29, 0.717) is 17.1 Å². The third kappa shape index (κ3) is 4.46. The maximum Gasteiger partial charge on any atom is 0.266 e. The van der Waals surface area contributed by atoms with Gasteiger partial charge in [0, 0.05) is 24.4 Å². The van der Waals surface area contributed by atoms with Gasteiger partial charge in [-0.25, -0.2) is 4.68 Å². The highest BCUT2D eigenvalue weighted by molar-refractivity contribution is 5.94. The molecule has 3 aromatic rings. The van der Waals surface area contributed by atoms with Gasteiger partial charge in [0.2, 0.25) is 0 Å². The summed E-state index contributed by atoms with van der Waals surface area (Å²) in [7, 11) is 1.61. The molecular formula is C22H23N3O3. The lowest BCUT2D eigenvalue weighted by atomic mass is 10.1. The second-order valence-corrected chi connectivity index (χ2v) is 6.78. The first-order chi connectivity index (χ1) is 13.3. The van der Waals surface area contributed by atoms with E-state index >= 15 is 0 Å². The van der Waals surface area contributed by atoms with Gasteiger partial charge in [-0.2, -0.15) is 5.10 Å². The van der Waals surface area contributed by atoms with Crippen LogP contribution in [-0.2, 0) is 11.8 Å². The first-order valence-electron chi connectivity index (χ1n) is 9.03. The van der Waals surface area contributed by atoms with Crippen LogP contribution in [0, 0.1) is 13.8 Å². The highest BCUT2D eigenvalue weighted by atomic mass is 16.5. The lowest BCUT2D eigenvalue weighted by Gasteiger charge is -2.17. The first kappa shape index (κ1) is 19.4. The quantitative estimate of drug-likeness (QED) is 0.739. The van der Waals surface area contributed by atoms with Crippen molar-refractivity contribution in [3.8, 4) is 17.0 Å². The van der Waals surface area contributed by atoms with Crippen LogP contribution >= 0.6 is 0 Å². The fourth-order valence-electron chi connectivity index (χ4n) is 2.70. The molecule has 0 aliphatic rings. The van der Waals surface area contributed by atoms with Gasteiger partial charge in [0.15, 0.2) is 6.10 Å². The minimum atomic E-state index is -0.634. The first-order valence-corrected chi connectivity index (χ1v) is 9.03. The molecule has 2 aromatic carbocycles. The molecule has 1 amide bonds. The minimum absolute atomic E-state index is 0.162. The molecule has 1 heterocycles. The van der Waals surface area contributed by atoms with Crippen LogP contribution in [0.1, 0.15) is 18.1 Å². The number of benzene rings is 2. The van der Waals surface area contributed by atoms with E-state index in [9.17, 15) is 9.59 Å². The summed E-state index contributed by atoms with van der Waals surface area (Å²) in [5.74, 6) is 0.479. The Hall–Kier alpha value is -3.41. The van der Waals surface area contributed by atoms with Crippen molar-refractivity contribution in [3.05, 3.63) is 76.1 Å². The number of carbonyl (C=O) groups excluding carboxylic acids is 1. The van der Waals surface area contributed by atoms with Crippen LogP contribution in [0.25, 0.3) is 11.3 Å². The van der Waals surface area contributed by atoms with Crippen LogP contribution in [0.5, 0.6) is 5.75 Å². The number of aryl methyl sites for hydroxylation is 3. The lowest BCUT2D eigenvalue weighted by molar-refractivity contribution is -0.122. The fourth-order valence-corrected chi connectivity index (χ4v) is 2.70. The maximum atomic E-state index is 12.5. The molecule has 1 unspecified atom stereocenters. The van der Waals surface area contributed by atoms with Gasteiger partial charge in [-0.3, -0.25) is 9.59 Å². The molecule has 0 fully saturated rings. The molecule has 28 heavy (non-hydrogen) atoms. The normalized spacial score (nSPS) is 11.7. The highest BCUT2D eigenvalue weighted by Gasteiger charge is 2.16. The van der Waals surface area contributed by atoms with E-state index in [4.69, 9.17) is 4.74 Å². The van der Waals surface area contributed by atoms with Gasteiger partial charge in [0.25, 0.3) is 11.5 Å². The number of anilines is 1. The minimum Gasteiger partial charge on any atom is -0.481 e. The molecule has 144 valence electrons. The molecule has 6 nitrogen and oxygen atoms in total. The van der Waals surface area contributed by atoms with E-state index in [1.807, 2.05) is 44.2 Å². The zero-order valence-electron chi connectivity index (χ0n) is 16.4. The van der Waals surface area contributed by atoms with Crippen LogP contribution in [0.15, 0.2) is 59.4 Å². The molecule has 1 aromatic heterocycles. The average molecular weight is 377 g/mol. The third-order valence-corrected chi connectivity index (χ3v) is 4.43. The van der Waals surface area contributed by atoms with Gasteiger partial charge in [0.1, 0.15) is 5.75 Å². The smallest absolute Gasteiger partial charge is 0.266 e. The number of hydrogen-bond donors (Lipinski definition) is 1. The van der Waals surface area contributed by atoms with Crippen molar-refractivity contribution in [2.75, 3.05) is 5.32 Å². The Balaban J connectivity index is 1.67. The van der Waals surface area contributed by atoms with Gasteiger partial charge in [-0.15, -0.1) is 0 Å². The molecule has 0 radical (unpaired) electrons. The van der Waals surface area contributed by atoms with Crippen molar-refractivity contribution in [2.24, 2.45) is 7.05 Å². The maximum absolute atomic E-state index is 12.5. The zero-order valence-corrected chi connectivity index (χ0v) is 16.4. The predicted molar refractivity (Wildman–Crippen MR) is 110 cm³/mol. The monoisotopic (exact) mass is 377 g/mol. The lowest BCUT2D eigenvalue weighted by Crippen LogP contribution is -2.30. The number of nitrogens with zero attached hydrogens (tertiary/aromatic N) is 2. The van der Waals surface area contributed by atoms with Crippen molar-refractivity contribution in [3.63, 3.8) is 0 Å². The summed E-state index contributed by atoms with van der Waals surface area (Å²) in [5.41, 5.74) is 4.11. The number of ether oxygens (including phenoxy) is 1. The predicted octanol–water partition coefficient (Wildman–Crippen LogP) is 3.47. The zero-order chi connectivity index (χ0) is 20.3. The topological polar surface area (TPSA) is 73.2 Å². The fraction of sp³-hybridized carbons (Fsp3) is 0.227. The average Bonchev–Trinajstić information content (AvgIpc) is 2.67. The summed E-state index contributed by atoms with van der Waals surface area (Å²) >= 11 is 0. The number of hydrogen-bond acceptors (Lipinski definition) is 4. The second-order valence-electron chi connectivity index (χ2n) is 6.78. The number of amides is 1. The van der Waals surface area contributed by atoms with Gasteiger partial charge < -0.3 is 10.1 Å². The summed E-state index contributed by atoms with van der Waals surface area (Å²) in [5, 5.41) is 7.08. The second kappa shape index (κ2) is 8.08.